The minimum absolute atomic E-state index is 0.258. The van der Waals surface area contributed by atoms with Crippen LogP contribution in [0.15, 0.2) is 22.8 Å². The lowest BCUT2D eigenvalue weighted by Gasteiger charge is -2.27. The third kappa shape index (κ3) is 4.06. The fraction of sp³-hybridized carbons (Fsp3) is 0.667. The van der Waals surface area contributed by atoms with Gasteiger partial charge in [0.15, 0.2) is 0 Å². The maximum absolute atomic E-state index is 9.96. The first-order valence-corrected chi connectivity index (χ1v) is 5.48. The number of nitrogens with one attached hydrogen (secondary N) is 1. The van der Waals surface area contributed by atoms with Crippen LogP contribution in [-0.4, -0.2) is 23.8 Å². The first-order valence-electron chi connectivity index (χ1n) is 5.48. The van der Waals surface area contributed by atoms with Gasteiger partial charge in [-0.2, -0.15) is 0 Å². The van der Waals surface area contributed by atoms with Crippen molar-refractivity contribution in [2.24, 2.45) is 5.92 Å². The zero-order valence-corrected chi connectivity index (χ0v) is 9.79. The Morgan fingerprint density at radius 1 is 1.53 bits per heavy atom. The van der Waals surface area contributed by atoms with Gasteiger partial charge in [-0.3, -0.25) is 0 Å². The van der Waals surface area contributed by atoms with Crippen molar-refractivity contribution in [1.29, 1.82) is 0 Å². The first kappa shape index (κ1) is 12.3. The second kappa shape index (κ2) is 5.33. The van der Waals surface area contributed by atoms with E-state index in [4.69, 9.17) is 4.42 Å². The minimum atomic E-state index is -0.636. The molecule has 0 saturated heterocycles. The van der Waals surface area contributed by atoms with Crippen molar-refractivity contribution in [1.82, 2.24) is 5.32 Å². The van der Waals surface area contributed by atoms with Gasteiger partial charge in [-0.15, -0.1) is 0 Å². The number of hydrogen-bond donors (Lipinski definition) is 2. The molecule has 15 heavy (non-hydrogen) atoms. The highest BCUT2D eigenvalue weighted by atomic mass is 16.3. The summed E-state index contributed by atoms with van der Waals surface area (Å²) in [6.07, 6.45) is 2.54. The molecule has 3 heteroatoms. The molecule has 0 bridgehead atoms. The van der Waals surface area contributed by atoms with Gasteiger partial charge in [-0.05, 0) is 25.0 Å². The van der Waals surface area contributed by atoms with Crippen LogP contribution in [0.1, 0.15) is 26.5 Å². The number of rotatable bonds is 6. The summed E-state index contributed by atoms with van der Waals surface area (Å²) < 4.78 is 5.21. The smallest absolute Gasteiger partial charge is 0.105 e. The Labute approximate surface area is 91.5 Å². The van der Waals surface area contributed by atoms with E-state index in [-0.39, 0.29) is 5.92 Å². The predicted molar refractivity (Wildman–Crippen MR) is 60.7 cm³/mol. The average molecular weight is 211 g/mol. The Kier molecular flexibility index (Phi) is 4.36. The van der Waals surface area contributed by atoms with E-state index in [1.165, 1.54) is 0 Å². The fourth-order valence-electron chi connectivity index (χ4n) is 1.21. The topological polar surface area (TPSA) is 45.4 Å². The van der Waals surface area contributed by atoms with E-state index in [1.54, 1.807) is 6.26 Å². The van der Waals surface area contributed by atoms with Gasteiger partial charge in [0, 0.05) is 19.5 Å². The largest absolute Gasteiger partial charge is 0.469 e. The lowest BCUT2D eigenvalue weighted by atomic mass is 9.92. The van der Waals surface area contributed by atoms with Gasteiger partial charge in [-0.1, -0.05) is 13.8 Å². The summed E-state index contributed by atoms with van der Waals surface area (Å²) in [5.41, 5.74) is -0.636. The van der Waals surface area contributed by atoms with Gasteiger partial charge in [-0.25, -0.2) is 0 Å². The van der Waals surface area contributed by atoms with Gasteiger partial charge < -0.3 is 14.8 Å². The minimum Gasteiger partial charge on any atom is -0.469 e. The summed E-state index contributed by atoms with van der Waals surface area (Å²) in [5.74, 6) is 1.24. The van der Waals surface area contributed by atoms with Crippen molar-refractivity contribution < 1.29 is 9.52 Å². The van der Waals surface area contributed by atoms with Gasteiger partial charge in [0.2, 0.25) is 0 Å². The van der Waals surface area contributed by atoms with Gasteiger partial charge >= 0.3 is 0 Å². The van der Waals surface area contributed by atoms with E-state index in [0.29, 0.717) is 6.54 Å². The lowest BCUT2D eigenvalue weighted by Crippen LogP contribution is -2.42. The van der Waals surface area contributed by atoms with Gasteiger partial charge in [0.25, 0.3) is 0 Å². The molecule has 0 aromatic carbocycles. The van der Waals surface area contributed by atoms with Crippen molar-refractivity contribution in [3.05, 3.63) is 24.2 Å². The van der Waals surface area contributed by atoms with Gasteiger partial charge in [0.1, 0.15) is 5.76 Å². The third-order valence-electron chi connectivity index (χ3n) is 2.85. The van der Waals surface area contributed by atoms with Crippen molar-refractivity contribution in [2.75, 3.05) is 13.1 Å². The molecule has 86 valence electrons. The Morgan fingerprint density at radius 3 is 2.80 bits per heavy atom. The summed E-state index contributed by atoms with van der Waals surface area (Å²) in [6, 6.07) is 3.85. The molecule has 0 saturated carbocycles. The van der Waals surface area contributed by atoms with Crippen LogP contribution in [-0.2, 0) is 6.42 Å². The molecule has 3 nitrogen and oxygen atoms in total. The van der Waals surface area contributed by atoms with E-state index in [0.717, 1.165) is 18.7 Å². The summed E-state index contributed by atoms with van der Waals surface area (Å²) in [5, 5.41) is 13.2. The summed E-state index contributed by atoms with van der Waals surface area (Å²) in [6.45, 7) is 7.35. The molecule has 1 atom stereocenters. The predicted octanol–water partition coefficient (Wildman–Crippen LogP) is 1.82. The van der Waals surface area contributed by atoms with E-state index in [2.05, 4.69) is 5.32 Å². The molecular formula is C12H21NO2. The normalized spacial score (nSPS) is 15.5. The molecule has 1 aromatic heterocycles. The monoisotopic (exact) mass is 211 g/mol. The molecule has 0 amide bonds. The van der Waals surface area contributed by atoms with Crippen LogP contribution in [0.3, 0.4) is 0 Å². The Morgan fingerprint density at radius 2 is 2.27 bits per heavy atom. The summed E-state index contributed by atoms with van der Waals surface area (Å²) in [4.78, 5) is 0. The summed E-state index contributed by atoms with van der Waals surface area (Å²) >= 11 is 0. The van der Waals surface area contributed by atoms with E-state index >= 15 is 0 Å². The third-order valence-corrected chi connectivity index (χ3v) is 2.85. The zero-order chi connectivity index (χ0) is 11.3. The molecule has 0 spiro atoms. The molecule has 0 fully saturated rings. The highest BCUT2D eigenvalue weighted by molar-refractivity contribution is 4.98. The number of hydrogen-bond acceptors (Lipinski definition) is 3. The molecule has 0 aliphatic heterocycles. The maximum Gasteiger partial charge on any atom is 0.105 e. The second-order valence-corrected chi connectivity index (χ2v) is 4.52. The van der Waals surface area contributed by atoms with Gasteiger partial charge in [0.05, 0.1) is 11.9 Å². The molecule has 0 radical (unpaired) electrons. The van der Waals surface area contributed by atoms with Crippen molar-refractivity contribution in [3.8, 4) is 0 Å². The van der Waals surface area contributed by atoms with Crippen LogP contribution in [0.4, 0.5) is 0 Å². The lowest BCUT2D eigenvalue weighted by molar-refractivity contribution is 0.0144. The molecule has 2 N–H and O–H groups in total. The van der Waals surface area contributed by atoms with Crippen LogP contribution in [0.2, 0.25) is 0 Å². The SMILES string of the molecule is CC(C)C(C)(O)CNCCc1ccco1. The Hall–Kier alpha value is -0.800. The van der Waals surface area contributed by atoms with Crippen LogP contribution < -0.4 is 5.32 Å². The highest BCUT2D eigenvalue weighted by Gasteiger charge is 2.23. The second-order valence-electron chi connectivity index (χ2n) is 4.52. The fourth-order valence-corrected chi connectivity index (χ4v) is 1.21. The van der Waals surface area contributed by atoms with Crippen molar-refractivity contribution in [2.45, 2.75) is 32.8 Å². The molecule has 1 rings (SSSR count). The zero-order valence-electron chi connectivity index (χ0n) is 9.79. The van der Waals surface area contributed by atoms with E-state index in [9.17, 15) is 5.11 Å². The van der Waals surface area contributed by atoms with Crippen LogP contribution in [0.25, 0.3) is 0 Å². The number of aliphatic hydroxyl groups is 1. The standard InChI is InChI=1S/C12H21NO2/c1-10(2)12(3,14)9-13-7-6-11-5-4-8-15-11/h4-5,8,10,13-14H,6-7,9H2,1-3H3. The van der Waals surface area contributed by atoms with E-state index in [1.807, 2.05) is 32.9 Å². The van der Waals surface area contributed by atoms with E-state index < -0.39 is 5.60 Å². The molecule has 1 unspecified atom stereocenters. The summed E-state index contributed by atoms with van der Waals surface area (Å²) in [7, 11) is 0. The quantitative estimate of drug-likeness (QED) is 0.705. The molecule has 0 aliphatic rings. The Bertz CT molecular complexity index is 265. The highest BCUT2D eigenvalue weighted by Crippen LogP contribution is 2.14. The molecular weight excluding hydrogens is 190 g/mol. The number of furan rings is 1. The average Bonchev–Trinajstić information content (AvgIpc) is 2.64. The maximum atomic E-state index is 9.96. The van der Waals surface area contributed by atoms with Crippen LogP contribution >= 0.6 is 0 Å². The first-order chi connectivity index (χ1) is 7.02. The van der Waals surface area contributed by atoms with Crippen molar-refractivity contribution in [3.63, 3.8) is 0 Å². The van der Waals surface area contributed by atoms with Crippen LogP contribution in [0, 0.1) is 5.92 Å². The molecule has 1 aromatic rings. The van der Waals surface area contributed by atoms with Crippen molar-refractivity contribution >= 4 is 0 Å². The molecule has 0 aliphatic carbocycles. The molecule has 1 heterocycles. The van der Waals surface area contributed by atoms with Crippen LogP contribution in [0.5, 0.6) is 0 Å². The Balaban J connectivity index is 2.17.